The van der Waals surface area contributed by atoms with Crippen molar-refractivity contribution in [3.05, 3.63) is 69.3 Å². The molecule has 3 aliphatic heterocycles. The molecule has 0 saturated carbocycles. The average Bonchev–Trinajstić information content (AvgIpc) is 3.00. The van der Waals surface area contributed by atoms with E-state index in [0.717, 1.165) is 29.6 Å². The third kappa shape index (κ3) is 4.88. The summed E-state index contributed by atoms with van der Waals surface area (Å²) >= 11 is 12.6. The van der Waals surface area contributed by atoms with Crippen LogP contribution in [0.4, 0.5) is 0 Å². The molecule has 3 aliphatic rings. The van der Waals surface area contributed by atoms with Crippen LogP contribution in [0.15, 0.2) is 42.5 Å². The molecular weight excluding hydrogens is 472 g/mol. The minimum Gasteiger partial charge on any atom is -0.340 e. The lowest BCUT2D eigenvalue weighted by Crippen LogP contribution is -2.55. The minimum absolute atomic E-state index is 0. The summed E-state index contributed by atoms with van der Waals surface area (Å²) in [6, 6.07) is 15.1. The number of hydrogen-bond acceptors (Lipinski definition) is 2. The second kappa shape index (κ2) is 10.3. The summed E-state index contributed by atoms with van der Waals surface area (Å²) in [6.07, 6.45) is 2.68. The predicted molar refractivity (Wildman–Crippen MR) is 137 cm³/mol. The lowest BCUT2D eigenvalue weighted by atomic mass is 9.84. The number of rotatable bonds is 5. The van der Waals surface area contributed by atoms with Crippen molar-refractivity contribution < 1.29 is 0 Å². The zero-order chi connectivity index (χ0) is 20.0. The third-order valence-electron chi connectivity index (χ3n) is 6.90. The summed E-state index contributed by atoms with van der Waals surface area (Å²) in [5.41, 5.74) is 5.08. The smallest absolute Gasteiger partial charge is 0.0493 e. The molecule has 0 aliphatic carbocycles. The highest BCUT2D eigenvalue weighted by molar-refractivity contribution is 6.35. The average molecular weight is 501 g/mol. The Bertz CT molecular complexity index is 1040. The van der Waals surface area contributed by atoms with E-state index in [9.17, 15) is 0 Å². The fourth-order valence-electron chi connectivity index (χ4n) is 5.18. The Labute approximate surface area is 206 Å². The molecule has 1 aromatic heterocycles. The highest BCUT2D eigenvalue weighted by atomic mass is 35.5. The number of halogens is 4. The fraction of sp³-hybridized carbons (Fsp3) is 0.417. The van der Waals surface area contributed by atoms with Crippen molar-refractivity contribution in [2.24, 2.45) is 5.92 Å². The molecule has 2 aromatic carbocycles. The van der Waals surface area contributed by atoms with Gasteiger partial charge in [-0.05, 0) is 68.1 Å². The molecule has 0 spiro atoms. The maximum absolute atomic E-state index is 6.47. The maximum atomic E-state index is 6.47. The van der Waals surface area contributed by atoms with Gasteiger partial charge >= 0.3 is 0 Å². The largest absolute Gasteiger partial charge is 0.340 e. The van der Waals surface area contributed by atoms with Crippen LogP contribution in [0.25, 0.3) is 10.9 Å². The molecule has 3 aromatic rings. The van der Waals surface area contributed by atoms with Crippen molar-refractivity contribution in [1.29, 1.82) is 0 Å². The van der Waals surface area contributed by atoms with E-state index in [1.807, 2.05) is 18.2 Å². The van der Waals surface area contributed by atoms with Gasteiger partial charge in [-0.25, -0.2) is 0 Å². The van der Waals surface area contributed by atoms with Crippen molar-refractivity contribution in [3.8, 4) is 0 Å². The SMILES string of the molecule is Cc1c(CNC2CN3CCC2CC3)c2ccccc2n1Cc1ccc(Cl)cc1Cl.Cl.Cl. The van der Waals surface area contributed by atoms with Gasteiger partial charge in [0.15, 0.2) is 0 Å². The summed E-state index contributed by atoms with van der Waals surface area (Å²) in [5, 5.41) is 6.64. The van der Waals surface area contributed by atoms with E-state index in [2.05, 4.69) is 46.0 Å². The van der Waals surface area contributed by atoms with Crippen LogP contribution in [0.5, 0.6) is 0 Å². The molecule has 31 heavy (non-hydrogen) atoms. The third-order valence-corrected chi connectivity index (χ3v) is 7.49. The monoisotopic (exact) mass is 499 g/mol. The molecule has 1 atom stereocenters. The first-order chi connectivity index (χ1) is 14.1. The molecular formula is C24H29Cl4N3. The summed E-state index contributed by atoms with van der Waals surface area (Å²) in [7, 11) is 0. The van der Waals surface area contributed by atoms with Crippen molar-refractivity contribution in [2.75, 3.05) is 19.6 Å². The number of piperidine rings is 3. The second-order valence-corrected chi connectivity index (χ2v) is 9.37. The normalized spacial score (nSPS) is 22.2. The number of hydrogen-bond donors (Lipinski definition) is 1. The Morgan fingerprint density at radius 3 is 2.45 bits per heavy atom. The van der Waals surface area contributed by atoms with Crippen molar-refractivity contribution in [1.82, 2.24) is 14.8 Å². The van der Waals surface area contributed by atoms with Crippen LogP contribution >= 0.6 is 48.0 Å². The Balaban J connectivity index is 0.00000136. The van der Waals surface area contributed by atoms with Crippen LogP contribution < -0.4 is 5.32 Å². The van der Waals surface area contributed by atoms with Crippen LogP contribution in [0.3, 0.4) is 0 Å². The van der Waals surface area contributed by atoms with Gasteiger partial charge in [0.1, 0.15) is 0 Å². The van der Waals surface area contributed by atoms with Crippen molar-refractivity contribution in [3.63, 3.8) is 0 Å². The van der Waals surface area contributed by atoms with Gasteiger partial charge in [0.2, 0.25) is 0 Å². The van der Waals surface area contributed by atoms with Gasteiger partial charge in [0.05, 0.1) is 0 Å². The lowest BCUT2D eigenvalue weighted by molar-refractivity contribution is 0.0720. The van der Waals surface area contributed by atoms with E-state index in [0.29, 0.717) is 11.1 Å². The van der Waals surface area contributed by atoms with E-state index in [4.69, 9.17) is 23.2 Å². The van der Waals surface area contributed by atoms with Gasteiger partial charge in [-0.2, -0.15) is 0 Å². The molecule has 4 heterocycles. The highest BCUT2D eigenvalue weighted by Crippen LogP contribution is 2.31. The standard InChI is InChI=1S/C24H27Cl2N3.2ClH/c1-16-21(13-27-23-15-28-10-8-17(23)9-11-28)20-4-2-3-5-24(20)29(16)14-18-6-7-19(25)12-22(18)26;;/h2-7,12,17,23,27H,8-11,13-15H2,1H3;2*1H. The molecule has 2 bridgehead atoms. The second-order valence-electron chi connectivity index (χ2n) is 8.53. The summed E-state index contributed by atoms with van der Waals surface area (Å²) < 4.78 is 2.39. The zero-order valence-electron chi connectivity index (χ0n) is 17.6. The van der Waals surface area contributed by atoms with Gasteiger partial charge in [-0.1, -0.05) is 47.5 Å². The molecule has 7 heteroatoms. The molecule has 0 amide bonds. The van der Waals surface area contributed by atoms with Gasteiger partial charge < -0.3 is 14.8 Å². The van der Waals surface area contributed by atoms with Crippen LogP contribution in [-0.4, -0.2) is 35.1 Å². The zero-order valence-corrected chi connectivity index (χ0v) is 20.8. The molecule has 1 N–H and O–H groups in total. The first-order valence-corrected chi connectivity index (χ1v) is 11.3. The van der Waals surface area contributed by atoms with Crippen LogP contribution in [0.2, 0.25) is 10.0 Å². The summed E-state index contributed by atoms with van der Waals surface area (Å²) in [6.45, 7) is 7.66. The molecule has 0 radical (unpaired) electrons. The van der Waals surface area contributed by atoms with Crippen LogP contribution in [0.1, 0.15) is 29.7 Å². The maximum Gasteiger partial charge on any atom is 0.0493 e. The lowest BCUT2D eigenvalue weighted by Gasteiger charge is -2.45. The van der Waals surface area contributed by atoms with Crippen LogP contribution in [0, 0.1) is 12.8 Å². The number of fused-ring (bicyclic) bond motifs is 4. The number of aromatic nitrogens is 1. The Kier molecular flexibility index (Phi) is 8.23. The van der Waals surface area contributed by atoms with Crippen LogP contribution in [-0.2, 0) is 13.1 Å². The number of para-hydroxylation sites is 1. The molecule has 1 unspecified atom stereocenters. The first kappa shape index (κ1) is 24.7. The molecule has 3 fully saturated rings. The van der Waals surface area contributed by atoms with Gasteiger partial charge in [-0.3, -0.25) is 0 Å². The van der Waals surface area contributed by atoms with Gasteiger partial charge in [0.25, 0.3) is 0 Å². The van der Waals surface area contributed by atoms with E-state index in [1.165, 1.54) is 54.6 Å². The summed E-state index contributed by atoms with van der Waals surface area (Å²) in [4.78, 5) is 2.61. The quantitative estimate of drug-likeness (QED) is 0.441. The topological polar surface area (TPSA) is 20.2 Å². The van der Waals surface area contributed by atoms with Crippen molar-refractivity contribution in [2.45, 2.75) is 38.9 Å². The Hall–Kier alpha value is -0.940. The first-order valence-electron chi connectivity index (χ1n) is 10.6. The molecule has 3 nitrogen and oxygen atoms in total. The number of nitrogens with zero attached hydrogens (tertiary/aromatic N) is 2. The van der Waals surface area contributed by atoms with E-state index < -0.39 is 0 Å². The van der Waals surface area contributed by atoms with Gasteiger partial charge in [0, 0.05) is 52.3 Å². The number of nitrogens with one attached hydrogen (secondary N) is 1. The molecule has 3 saturated heterocycles. The van der Waals surface area contributed by atoms with E-state index in [-0.39, 0.29) is 24.8 Å². The molecule has 168 valence electrons. The van der Waals surface area contributed by atoms with Crippen molar-refractivity contribution >= 4 is 58.9 Å². The number of benzene rings is 2. The Morgan fingerprint density at radius 2 is 1.77 bits per heavy atom. The fourth-order valence-corrected chi connectivity index (χ4v) is 5.65. The summed E-state index contributed by atoms with van der Waals surface area (Å²) in [5.74, 6) is 0.835. The predicted octanol–water partition coefficient (Wildman–Crippen LogP) is 6.33. The van der Waals surface area contributed by atoms with E-state index >= 15 is 0 Å². The Morgan fingerprint density at radius 1 is 1.03 bits per heavy atom. The highest BCUT2D eigenvalue weighted by Gasteiger charge is 2.33. The minimum atomic E-state index is 0. The van der Waals surface area contributed by atoms with Gasteiger partial charge in [-0.15, -0.1) is 24.8 Å². The van der Waals surface area contributed by atoms with E-state index in [1.54, 1.807) is 0 Å². The molecule has 6 rings (SSSR count).